The summed E-state index contributed by atoms with van der Waals surface area (Å²) in [4.78, 5) is 18.5. The summed E-state index contributed by atoms with van der Waals surface area (Å²) < 4.78 is 12.9. The third kappa shape index (κ3) is 3.34. The molecule has 0 spiro atoms. The first-order chi connectivity index (χ1) is 10.7. The minimum atomic E-state index is -0.258. The fourth-order valence-corrected chi connectivity index (χ4v) is 3.40. The smallest absolute Gasteiger partial charge is 0.273 e. The van der Waals surface area contributed by atoms with Crippen LogP contribution < -0.4 is 0 Å². The largest absolute Gasteiger partial charge is 0.396 e. The molecule has 1 amide bonds. The van der Waals surface area contributed by atoms with Crippen LogP contribution in [0.25, 0.3) is 0 Å². The van der Waals surface area contributed by atoms with E-state index in [1.165, 1.54) is 23.5 Å². The molecule has 1 aromatic carbocycles. The summed E-state index contributed by atoms with van der Waals surface area (Å²) in [6, 6.07) is 6.30. The van der Waals surface area contributed by atoms with Crippen molar-refractivity contribution >= 4 is 17.2 Å². The zero-order chi connectivity index (χ0) is 15.5. The van der Waals surface area contributed by atoms with Gasteiger partial charge in [-0.25, -0.2) is 9.37 Å². The predicted molar refractivity (Wildman–Crippen MR) is 82.4 cm³/mol. The fourth-order valence-electron chi connectivity index (χ4n) is 2.60. The van der Waals surface area contributed by atoms with Gasteiger partial charge >= 0.3 is 0 Å². The lowest BCUT2D eigenvalue weighted by atomic mass is 10.1. The summed E-state index contributed by atoms with van der Waals surface area (Å²) in [5.41, 5.74) is 1.43. The van der Waals surface area contributed by atoms with Crippen LogP contribution in [-0.2, 0) is 6.42 Å². The van der Waals surface area contributed by atoms with Crippen molar-refractivity contribution in [1.29, 1.82) is 0 Å². The second kappa shape index (κ2) is 6.54. The zero-order valence-corrected chi connectivity index (χ0v) is 12.9. The van der Waals surface area contributed by atoms with Gasteiger partial charge in [-0.05, 0) is 24.1 Å². The average molecular weight is 320 g/mol. The number of aliphatic hydroxyl groups excluding tert-OH is 1. The number of rotatable bonds is 4. The molecule has 1 aromatic heterocycles. The highest BCUT2D eigenvalue weighted by Crippen LogP contribution is 2.20. The van der Waals surface area contributed by atoms with Crippen LogP contribution in [0.15, 0.2) is 29.6 Å². The molecule has 1 unspecified atom stereocenters. The van der Waals surface area contributed by atoms with Crippen LogP contribution in [0.3, 0.4) is 0 Å². The topological polar surface area (TPSA) is 53.4 Å². The number of aromatic nitrogens is 1. The van der Waals surface area contributed by atoms with E-state index in [9.17, 15) is 9.18 Å². The molecule has 116 valence electrons. The van der Waals surface area contributed by atoms with Gasteiger partial charge in [0.25, 0.3) is 5.91 Å². The molecular weight excluding hydrogens is 303 g/mol. The quantitative estimate of drug-likeness (QED) is 0.941. The van der Waals surface area contributed by atoms with Crippen LogP contribution in [0.5, 0.6) is 0 Å². The number of nitrogens with zero attached hydrogens (tertiary/aromatic N) is 2. The Kier molecular flexibility index (Phi) is 4.49. The summed E-state index contributed by atoms with van der Waals surface area (Å²) in [6.45, 7) is 1.39. The van der Waals surface area contributed by atoms with Gasteiger partial charge in [-0.1, -0.05) is 12.1 Å². The van der Waals surface area contributed by atoms with Crippen molar-refractivity contribution in [2.45, 2.75) is 12.8 Å². The Labute approximate surface area is 132 Å². The number of hydrogen-bond donors (Lipinski definition) is 1. The van der Waals surface area contributed by atoms with Crippen LogP contribution in [0.1, 0.15) is 27.5 Å². The Hall–Kier alpha value is -1.79. The highest BCUT2D eigenvalue weighted by atomic mass is 32.1. The molecule has 0 bridgehead atoms. The number of hydrogen-bond acceptors (Lipinski definition) is 4. The van der Waals surface area contributed by atoms with Gasteiger partial charge in [-0.15, -0.1) is 11.3 Å². The number of likely N-dealkylation sites (tertiary alicyclic amines) is 1. The van der Waals surface area contributed by atoms with Crippen molar-refractivity contribution in [3.63, 3.8) is 0 Å². The lowest BCUT2D eigenvalue weighted by molar-refractivity contribution is 0.0776. The molecule has 1 fully saturated rings. The third-order valence-electron chi connectivity index (χ3n) is 3.87. The van der Waals surface area contributed by atoms with Crippen molar-refractivity contribution < 1.29 is 14.3 Å². The normalized spacial score (nSPS) is 17.9. The Morgan fingerprint density at radius 1 is 1.41 bits per heavy atom. The van der Waals surface area contributed by atoms with Crippen LogP contribution in [0.4, 0.5) is 4.39 Å². The lowest BCUT2D eigenvalue weighted by Crippen LogP contribution is -2.29. The standard InChI is InChI=1S/C16H17FN2O2S/c17-13-3-1-11(2-4-13)7-15-18-14(10-22-15)16(21)19-6-5-12(8-19)9-20/h1-4,10,12,20H,5-9H2. The van der Waals surface area contributed by atoms with Gasteiger partial charge in [0.1, 0.15) is 11.5 Å². The van der Waals surface area contributed by atoms with Gasteiger partial charge in [0.15, 0.2) is 0 Å². The average Bonchev–Trinajstić information content (AvgIpc) is 3.18. The van der Waals surface area contributed by atoms with E-state index in [1.807, 2.05) is 0 Å². The number of amides is 1. The lowest BCUT2D eigenvalue weighted by Gasteiger charge is -2.14. The van der Waals surface area contributed by atoms with Crippen molar-refractivity contribution in [1.82, 2.24) is 9.88 Å². The molecule has 0 aliphatic carbocycles. The first kappa shape index (κ1) is 15.1. The molecule has 1 N–H and O–H groups in total. The number of aliphatic hydroxyl groups is 1. The van der Waals surface area contributed by atoms with E-state index >= 15 is 0 Å². The molecule has 3 rings (SSSR count). The SMILES string of the molecule is O=C(c1csc(Cc2ccc(F)cc2)n1)N1CCC(CO)C1. The number of benzene rings is 1. The van der Waals surface area contributed by atoms with Crippen LogP contribution in [-0.4, -0.2) is 40.6 Å². The van der Waals surface area contributed by atoms with Gasteiger partial charge in [-0.2, -0.15) is 0 Å². The second-order valence-electron chi connectivity index (χ2n) is 5.52. The van der Waals surface area contributed by atoms with Crippen molar-refractivity contribution in [3.05, 3.63) is 51.7 Å². The van der Waals surface area contributed by atoms with Crippen molar-refractivity contribution in [2.75, 3.05) is 19.7 Å². The van der Waals surface area contributed by atoms with Crippen LogP contribution in [0.2, 0.25) is 0 Å². The van der Waals surface area contributed by atoms with E-state index < -0.39 is 0 Å². The molecule has 1 aliphatic heterocycles. The molecule has 22 heavy (non-hydrogen) atoms. The summed E-state index contributed by atoms with van der Waals surface area (Å²) >= 11 is 1.44. The maximum Gasteiger partial charge on any atom is 0.273 e. The van der Waals surface area contributed by atoms with Gasteiger partial charge < -0.3 is 10.0 Å². The molecule has 0 radical (unpaired) electrons. The van der Waals surface area contributed by atoms with Gasteiger partial charge in [-0.3, -0.25) is 4.79 Å². The van der Waals surface area contributed by atoms with Gasteiger partial charge in [0.2, 0.25) is 0 Å². The monoisotopic (exact) mass is 320 g/mol. The van der Waals surface area contributed by atoms with E-state index in [2.05, 4.69) is 4.98 Å². The summed E-state index contributed by atoms with van der Waals surface area (Å²) in [7, 11) is 0. The zero-order valence-electron chi connectivity index (χ0n) is 12.0. The number of halogens is 1. The highest BCUT2D eigenvalue weighted by Gasteiger charge is 2.27. The fraction of sp³-hybridized carbons (Fsp3) is 0.375. The summed E-state index contributed by atoms with van der Waals surface area (Å²) in [6.07, 6.45) is 1.44. The number of carbonyl (C=O) groups is 1. The first-order valence-corrected chi connectivity index (χ1v) is 8.12. The van der Waals surface area contributed by atoms with Crippen LogP contribution >= 0.6 is 11.3 Å². The minimum Gasteiger partial charge on any atom is -0.396 e. The summed E-state index contributed by atoms with van der Waals surface area (Å²) in [5.74, 6) is -0.148. The van der Waals surface area contributed by atoms with E-state index in [0.29, 0.717) is 25.2 Å². The maximum atomic E-state index is 12.9. The van der Waals surface area contributed by atoms with Crippen molar-refractivity contribution in [2.24, 2.45) is 5.92 Å². The summed E-state index contributed by atoms with van der Waals surface area (Å²) in [5, 5.41) is 11.8. The maximum absolute atomic E-state index is 12.9. The molecule has 0 saturated carbocycles. The Morgan fingerprint density at radius 3 is 2.86 bits per heavy atom. The Bertz CT molecular complexity index is 656. The van der Waals surface area contributed by atoms with Gasteiger partial charge in [0, 0.05) is 37.4 Å². The molecule has 1 atom stereocenters. The van der Waals surface area contributed by atoms with E-state index in [4.69, 9.17) is 5.11 Å². The predicted octanol–water partition coefficient (Wildman–Crippen LogP) is 2.33. The van der Waals surface area contributed by atoms with Crippen molar-refractivity contribution in [3.8, 4) is 0 Å². The molecule has 2 aromatic rings. The molecular formula is C16H17FN2O2S. The van der Waals surface area contributed by atoms with Gasteiger partial charge in [0.05, 0.1) is 5.01 Å². The van der Waals surface area contributed by atoms with E-state index in [1.54, 1.807) is 22.4 Å². The molecule has 1 aliphatic rings. The molecule has 4 nitrogen and oxygen atoms in total. The first-order valence-electron chi connectivity index (χ1n) is 7.24. The van der Waals surface area contributed by atoms with E-state index in [-0.39, 0.29) is 24.2 Å². The Balaban J connectivity index is 1.66. The van der Waals surface area contributed by atoms with Crippen LogP contribution in [0, 0.1) is 11.7 Å². The molecule has 1 saturated heterocycles. The number of thiazole rings is 1. The molecule has 6 heteroatoms. The second-order valence-corrected chi connectivity index (χ2v) is 6.46. The highest BCUT2D eigenvalue weighted by molar-refractivity contribution is 7.09. The third-order valence-corrected chi connectivity index (χ3v) is 4.72. The van der Waals surface area contributed by atoms with E-state index in [0.717, 1.165) is 17.0 Å². The molecule has 2 heterocycles. The Morgan fingerprint density at radius 2 is 2.18 bits per heavy atom. The number of carbonyl (C=O) groups excluding carboxylic acids is 1. The minimum absolute atomic E-state index is 0.0717.